The molecule has 0 unspecified atom stereocenters. The van der Waals surface area contributed by atoms with Gasteiger partial charge in [0.05, 0.1) is 18.1 Å². The number of nitrogens with zero attached hydrogens (tertiary/aromatic N) is 2. The smallest absolute Gasteiger partial charge is 0.296 e. The standard InChI is InChI=1S/C23H19ClN2O2S/c24-19-10-6-7-17(15-19)16-26(20-11-4-5-12-25-20)23(27)21-22(29-14-13-28-21)18-8-2-1-3-9-18/h1-12,15H,13-14,16H2. The number of hydrogen-bond donors (Lipinski definition) is 0. The first-order chi connectivity index (χ1) is 14.2. The first-order valence-electron chi connectivity index (χ1n) is 9.25. The number of hydrogen-bond acceptors (Lipinski definition) is 4. The predicted molar refractivity (Wildman–Crippen MR) is 119 cm³/mol. The first-order valence-corrected chi connectivity index (χ1v) is 10.6. The number of aromatic nitrogens is 1. The molecule has 4 nitrogen and oxygen atoms in total. The fourth-order valence-electron chi connectivity index (χ4n) is 3.09. The highest BCUT2D eigenvalue weighted by Crippen LogP contribution is 2.36. The van der Waals surface area contributed by atoms with Crippen LogP contribution in [-0.2, 0) is 16.1 Å². The third kappa shape index (κ3) is 4.63. The summed E-state index contributed by atoms with van der Waals surface area (Å²) in [6, 6.07) is 22.9. The SMILES string of the molecule is O=C(C1=C(c2ccccc2)SCCO1)N(Cc1cccc(Cl)c1)c1ccccn1. The molecule has 0 radical (unpaired) electrons. The fraction of sp³-hybridized carbons (Fsp3) is 0.130. The summed E-state index contributed by atoms with van der Waals surface area (Å²) in [6.07, 6.45) is 1.68. The van der Waals surface area contributed by atoms with Gasteiger partial charge in [0.15, 0.2) is 5.76 Å². The Bertz CT molecular complexity index is 1030. The van der Waals surface area contributed by atoms with Gasteiger partial charge in [-0.25, -0.2) is 4.98 Å². The maximum absolute atomic E-state index is 13.6. The summed E-state index contributed by atoms with van der Waals surface area (Å²) in [4.78, 5) is 20.5. The number of amides is 1. The second kappa shape index (κ2) is 9.16. The van der Waals surface area contributed by atoms with Gasteiger partial charge in [0.25, 0.3) is 5.91 Å². The van der Waals surface area contributed by atoms with Gasteiger partial charge < -0.3 is 4.74 Å². The van der Waals surface area contributed by atoms with Crippen LogP contribution in [0.25, 0.3) is 4.91 Å². The van der Waals surface area contributed by atoms with Crippen molar-refractivity contribution in [3.63, 3.8) is 0 Å². The Kier molecular flexibility index (Phi) is 6.17. The van der Waals surface area contributed by atoms with Crippen LogP contribution in [0.1, 0.15) is 11.1 Å². The number of anilines is 1. The molecule has 0 bridgehead atoms. The summed E-state index contributed by atoms with van der Waals surface area (Å²) in [6.45, 7) is 0.839. The van der Waals surface area contributed by atoms with Crippen molar-refractivity contribution in [1.29, 1.82) is 0 Å². The molecular weight excluding hydrogens is 404 g/mol. The fourth-order valence-corrected chi connectivity index (χ4v) is 4.26. The average Bonchev–Trinajstić information content (AvgIpc) is 2.78. The lowest BCUT2D eigenvalue weighted by molar-refractivity contribution is -0.118. The number of halogens is 1. The van der Waals surface area contributed by atoms with E-state index in [9.17, 15) is 4.79 Å². The zero-order chi connectivity index (χ0) is 20.1. The van der Waals surface area contributed by atoms with Crippen LogP contribution in [0.2, 0.25) is 5.02 Å². The molecule has 1 aliphatic rings. The summed E-state index contributed by atoms with van der Waals surface area (Å²) in [5, 5.41) is 0.629. The Hall–Kier alpha value is -2.76. The summed E-state index contributed by atoms with van der Waals surface area (Å²) < 4.78 is 5.88. The molecule has 0 saturated carbocycles. The highest BCUT2D eigenvalue weighted by molar-refractivity contribution is 8.08. The first kappa shape index (κ1) is 19.6. The van der Waals surface area contributed by atoms with E-state index >= 15 is 0 Å². The topological polar surface area (TPSA) is 42.4 Å². The largest absolute Gasteiger partial charge is 0.486 e. The van der Waals surface area contributed by atoms with Crippen molar-refractivity contribution >= 4 is 40.0 Å². The highest BCUT2D eigenvalue weighted by atomic mass is 35.5. The van der Waals surface area contributed by atoms with E-state index in [1.54, 1.807) is 22.9 Å². The number of carbonyl (C=O) groups is 1. The highest BCUT2D eigenvalue weighted by Gasteiger charge is 2.29. The van der Waals surface area contributed by atoms with Gasteiger partial charge in [0.1, 0.15) is 5.82 Å². The van der Waals surface area contributed by atoms with Gasteiger partial charge in [-0.15, -0.1) is 11.8 Å². The maximum atomic E-state index is 13.6. The Morgan fingerprint density at radius 2 is 1.90 bits per heavy atom. The van der Waals surface area contributed by atoms with Crippen molar-refractivity contribution in [2.45, 2.75) is 6.54 Å². The van der Waals surface area contributed by atoms with Crippen LogP contribution in [0.15, 0.2) is 84.8 Å². The Labute approximate surface area is 179 Å². The van der Waals surface area contributed by atoms with Crippen LogP contribution in [0.3, 0.4) is 0 Å². The van der Waals surface area contributed by atoms with Crippen LogP contribution >= 0.6 is 23.4 Å². The second-order valence-corrected chi connectivity index (χ2v) is 7.97. The zero-order valence-corrected chi connectivity index (χ0v) is 17.2. The van der Waals surface area contributed by atoms with Gasteiger partial charge >= 0.3 is 0 Å². The molecule has 0 aliphatic carbocycles. The molecule has 146 valence electrons. The molecule has 0 saturated heterocycles. The van der Waals surface area contributed by atoms with Crippen molar-refractivity contribution in [3.8, 4) is 0 Å². The van der Waals surface area contributed by atoms with E-state index in [0.717, 1.165) is 21.8 Å². The molecule has 1 aromatic heterocycles. The molecule has 2 heterocycles. The second-order valence-electron chi connectivity index (χ2n) is 6.43. The third-order valence-electron chi connectivity index (χ3n) is 4.41. The van der Waals surface area contributed by atoms with Crippen molar-refractivity contribution in [3.05, 3.63) is 101 Å². The molecule has 4 rings (SSSR count). The normalized spacial score (nSPS) is 13.7. The van der Waals surface area contributed by atoms with Crippen LogP contribution in [0, 0.1) is 0 Å². The number of carbonyl (C=O) groups excluding carboxylic acids is 1. The summed E-state index contributed by atoms with van der Waals surface area (Å²) >= 11 is 7.79. The number of pyridine rings is 1. The lowest BCUT2D eigenvalue weighted by Crippen LogP contribution is -2.34. The molecule has 3 aromatic rings. The van der Waals surface area contributed by atoms with Gasteiger partial charge in [-0.2, -0.15) is 0 Å². The quantitative estimate of drug-likeness (QED) is 0.552. The Morgan fingerprint density at radius 1 is 1.07 bits per heavy atom. The van der Waals surface area contributed by atoms with Gasteiger partial charge in [0.2, 0.25) is 0 Å². The Morgan fingerprint density at radius 3 is 2.66 bits per heavy atom. The van der Waals surface area contributed by atoms with Gasteiger partial charge in [-0.05, 0) is 35.4 Å². The number of benzene rings is 2. The van der Waals surface area contributed by atoms with Crippen molar-refractivity contribution in [2.75, 3.05) is 17.3 Å². The molecule has 6 heteroatoms. The molecule has 1 amide bonds. The van der Waals surface area contributed by atoms with E-state index in [-0.39, 0.29) is 5.91 Å². The van der Waals surface area contributed by atoms with Crippen LogP contribution in [0.4, 0.5) is 5.82 Å². The van der Waals surface area contributed by atoms with Crippen LogP contribution < -0.4 is 4.90 Å². The van der Waals surface area contributed by atoms with E-state index < -0.39 is 0 Å². The van der Waals surface area contributed by atoms with E-state index in [0.29, 0.717) is 29.8 Å². The lowest BCUT2D eigenvalue weighted by Gasteiger charge is -2.27. The van der Waals surface area contributed by atoms with Crippen LogP contribution in [0.5, 0.6) is 0 Å². The molecule has 2 aromatic carbocycles. The van der Waals surface area contributed by atoms with Crippen molar-refractivity contribution in [1.82, 2.24) is 4.98 Å². The molecule has 0 spiro atoms. The monoisotopic (exact) mass is 422 g/mol. The molecule has 0 atom stereocenters. The molecule has 0 fully saturated rings. The molecule has 0 N–H and O–H groups in total. The minimum Gasteiger partial charge on any atom is -0.486 e. The summed E-state index contributed by atoms with van der Waals surface area (Å²) in [5.74, 6) is 1.52. The van der Waals surface area contributed by atoms with Crippen molar-refractivity contribution in [2.24, 2.45) is 0 Å². The minimum atomic E-state index is -0.213. The van der Waals surface area contributed by atoms with Crippen molar-refractivity contribution < 1.29 is 9.53 Å². The van der Waals surface area contributed by atoms with Gasteiger partial charge in [0, 0.05) is 17.0 Å². The number of ether oxygens (including phenoxy) is 1. The van der Waals surface area contributed by atoms with E-state index in [2.05, 4.69) is 4.98 Å². The van der Waals surface area contributed by atoms with Gasteiger partial charge in [-0.3, -0.25) is 9.69 Å². The molecule has 29 heavy (non-hydrogen) atoms. The maximum Gasteiger partial charge on any atom is 0.296 e. The Balaban J connectivity index is 1.75. The average molecular weight is 423 g/mol. The minimum absolute atomic E-state index is 0.213. The van der Waals surface area contributed by atoms with Crippen LogP contribution in [-0.4, -0.2) is 23.3 Å². The zero-order valence-electron chi connectivity index (χ0n) is 15.6. The summed E-state index contributed by atoms with van der Waals surface area (Å²) in [5.41, 5.74) is 1.89. The molecule has 1 aliphatic heterocycles. The van der Waals surface area contributed by atoms with E-state index in [4.69, 9.17) is 16.3 Å². The predicted octanol–water partition coefficient (Wildman–Crippen LogP) is 5.40. The lowest BCUT2D eigenvalue weighted by atomic mass is 10.1. The summed E-state index contributed by atoms with van der Waals surface area (Å²) in [7, 11) is 0. The number of rotatable bonds is 5. The van der Waals surface area contributed by atoms with E-state index in [1.165, 1.54) is 0 Å². The van der Waals surface area contributed by atoms with Gasteiger partial charge in [-0.1, -0.05) is 60.1 Å². The molecular formula is C23H19ClN2O2S. The third-order valence-corrected chi connectivity index (χ3v) is 5.73. The number of thioether (sulfide) groups is 1. The van der Waals surface area contributed by atoms with E-state index in [1.807, 2.05) is 72.8 Å².